The van der Waals surface area contributed by atoms with Gasteiger partial charge in [-0.25, -0.2) is 4.39 Å². The van der Waals surface area contributed by atoms with Crippen molar-refractivity contribution in [2.45, 2.75) is 0 Å². The van der Waals surface area contributed by atoms with Crippen molar-refractivity contribution in [3.05, 3.63) is 24.0 Å². The molecule has 1 rings (SSSR count). The first-order valence-corrected chi connectivity index (χ1v) is 3.74. The van der Waals surface area contributed by atoms with Crippen LogP contribution in [0.5, 0.6) is 5.75 Å². The largest absolute Gasteiger partial charge is 0.497 e. The fourth-order valence-electron chi connectivity index (χ4n) is 1.05. The molecule has 0 radical (unpaired) electrons. The molecule has 0 saturated carbocycles. The number of benzene rings is 1. The third-order valence-electron chi connectivity index (χ3n) is 1.70. The van der Waals surface area contributed by atoms with Gasteiger partial charge in [0.15, 0.2) is 0 Å². The summed E-state index contributed by atoms with van der Waals surface area (Å²) in [7, 11) is 1.40. The summed E-state index contributed by atoms with van der Waals surface area (Å²) in [4.78, 5) is 0. The highest BCUT2D eigenvalue weighted by Crippen LogP contribution is 2.09. The van der Waals surface area contributed by atoms with Gasteiger partial charge in [0.25, 0.3) is 0 Å². The lowest BCUT2D eigenvalue weighted by Gasteiger charge is -2.10. The van der Waals surface area contributed by atoms with Crippen molar-refractivity contribution >= 4 is 12.6 Å². The molecule has 3 nitrogen and oxygen atoms in total. The van der Waals surface area contributed by atoms with Gasteiger partial charge in [0, 0.05) is 7.11 Å². The van der Waals surface area contributed by atoms with Crippen LogP contribution in [0.15, 0.2) is 18.2 Å². The lowest BCUT2D eigenvalue weighted by atomic mass is 9.78. The maximum Gasteiger partial charge on any atom is 0.497 e. The predicted molar refractivity (Wildman–Crippen MR) is 47.6 cm³/mol. The highest BCUT2D eigenvalue weighted by Gasteiger charge is 2.23. The summed E-state index contributed by atoms with van der Waals surface area (Å²) in [5, 5.41) is 9.28. The van der Waals surface area contributed by atoms with Crippen LogP contribution in [0.3, 0.4) is 0 Å². The zero-order chi connectivity index (χ0) is 9.84. The van der Waals surface area contributed by atoms with E-state index in [0.717, 1.165) is 0 Å². The standard InChI is InChI=1S/C8H10BFO3/c1-12-7-5-3-4-6(10)8(7)9(11)13-2/h3-5,11H,1-2H3. The minimum Gasteiger partial charge on any atom is -0.497 e. The maximum atomic E-state index is 13.2. The molecule has 70 valence electrons. The summed E-state index contributed by atoms with van der Waals surface area (Å²) in [5.74, 6) is -0.275. The topological polar surface area (TPSA) is 38.7 Å². The van der Waals surface area contributed by atoms with Crippen LogP contribution in [-0.4, -0.2) is 26.4 Å². The Morgan fingerprint density at radius 1 is 1.38 bits per heavy atom. The lowest BCUT2D eigenvalue weighted by Crippen LogP contribution is -2.36. The Balaban J connectivity index is 3.14. The molecular formula is C8H10BFO3. The van der Waals surface area contributed by atoms with Gasteiger partial charge in [0.1, 0.15) is 11.6 Å². The SMILES string of the molecule is COB(O)c1c(F)cccc1OC. The van der Waals surface area contributed by atoms with Crippen molar-refractivity contribution in [2.75, 3.05) is 14.2 Å². The first-order chi connectivity index (χ1) is 6.20. The van der Waals surface area contributed by atoms with Crippen LogP contribution in [0, 0.1) is 5.82 Å². The predicted octanol–water partition coefficient (Wildman–Crippen LogP) is 0.168. The van der Waals surface area contributed by atoms with E-state index in [1.807, 2.05) is 0 Å². The van der Waals surface area contributed by atoms with Gasteiger partial charge in [-0.05, 0) is 12.1 Å². The molecule has 1 aromatic carbocycles. The van der Waals surface area contributed by atoms with Gasteiger partial charge < -0.3 is 14.4 Å². The van der Waals surface area contributed by atoms with Crippen LogP contribution in [0.4, 0.5) is 4.39 Å². The van der Waals surface area contributed by atoms with Crippen LogP contribution in [0.1, 0.15) is 0 Å². The van der Waals surface area contributed by atoms with Gasteiger partial charge in [-0.3, -0.25) is 0 Å². The van der Waals surface area contributed by atoms with Gasteiger partial charge in [0.2, 0.25) is 0 Å². The Bertz CT molecular complexity index is 293. The second-order valence-corrected chi connectivity index (χ2v) is 2.44. The number of rotatable bonds is 3. The summed E-state index contributed by atoms with van der Waals surface area (Å²) < 4.78 is 22.6. The maximum absolute atomic E-state index is 13.2. The molecule has 0 fully saturated rings. The minimum atomic E-state index is -1.30. The monoisotopic (exact) mass is 184 g/mol. The van der Waals surface area contributed by atoms with Crippen LogP contribution in [0.2, 0.25) is 0 Å². The quantitative estimate of drug-likeness (QED) is 0.680. The Morgan fingerprint density at radius 3 is 2.62 bits per heavy atom. The van der Waals surface area contributed by atoms with Gasteiger partial charge >= 0.3 is 7.12 Å². The van der Waals surface area contributed by atoms with Crippen LogP contribution < -0.4 is 10.2 Å². The zero-order valence-corrected chi connectivity index (χ0v) is 7.45. The second-order valence-electron chi connectivity index (χ2n) is 2.44. The first kappa shape index (κ1) is 10.0. The third kappa shape index (κ3) is 1.99. The number of methoxy groups -OCH3 is 1. The minimum absolute atomic E-state index is 0.0208. The molecule has 0 amide bonds. The molecule has 13 heavy (non-hydrogen) atoms. The molecule has 0 bridgehead atoms. The van der Waals surface area contributed by atoms with E-state index in [1.165, 1.54) is 26.4 Å². The molecule has 0 aliphatic heterocycles. The van der Waals surface area contributed by atoms with E-state index >= 15 is 0 Å². The Labute approximate surface area is 76.2 Å². The molecule has 0 spiro atoms. The van der Waals surface area contributed by atoms with E-state index in [4.69, 9.17) is 4.74 Å². The van der Waals surface area contributed by atoms with E-state index < -0.39 is 12.9 Å². The number of hydrogen-bond donors (Lipinski definition) is 1. The molecule has 0 heterocycles. The van der Waals surface area contributed by atoms with E-state index in [2.05, 4.69) is 4.65 Å². The summed E-state index contributed by atoms with van der Waals surface area (Å²) in [6, 6.07) is 4.29. The van der Waals surface area contributed by atoms with Crippen molar-refractivity contribution in [1.82, 2.24) is 0 Å². The van der Waals surface area contributed by atoms with Crippen molar-refractivity contribution in [1.29, 1.82) is 0 Å². The van der Waals surface area contributed by atoms with Crippen LogP contribution in [-0.2, 0) is 4.65 Å². The number of ether oxygens (including phenoxy) is 1. The summed E-state index contributed by atoms with van der Waals surface area (Å²) in [5.41, 5.74) is 0.0208. The van der Waals surface area contributed by atoms with Gasteiger partial charge in [-0.2, -0.15) is 0 Å². The van der Waals surface area contributed by atoms with Crippen LogP contribution >= 0.6 is 0 Å². The number of halogens is 1. The van der Waals surface area contributed by atoms with Gasteiger partial charge in [-0.15, -0.1) is 0 Å². The zero-order valence-electron chi connectivity index (χ0n) is 7.45. The third-order valence-corrected chi connectivity index (χ3v) is 1.70. The number of hydrogen-bond acceptors (Lipinski definition) is 3. The van der Waals surface area contributed by atoms with E-state index in [1.54, 1.807) is 6.07 Å². The first-order valence-electron chi connectivity index (χ1n) is 3.74. The average molecular weight is 184 g/mol. The molecule has 0 aliphatic carbocycles. The molecule has 0 saturated heterocycles. The Morgan fingerprint density at radius 2 is 2.08 bits per heavy atom. The van der Waals surface area contributed by atoms with Crippen molar-refractivity contribution < 1.29 is 18.8 Å². The van der Waals surface area contributed by atoms with Gasteiger partial charge in [0.05, 0.1) is 12.6 Å². The van der Waals surface area contributed by atoms with Gasteiger partial charge in [-0.1, -0.05) is 6.07 Å². The van der Waals surface area contributed by atoms with Crippen molar-refractivity contribution in [3.8, 4) is 5.75 Å². The fourth-order valence-corrected chi connectivity index (χ4v) is 1.05. The molecule has 5 heteroatoms. The fraction of sp³-hybridized carbons (Fsp3) is 0.250. The molecule has 1 aromatic rings. The Hall–Kier alpha value is -1.07. The summed E-state index contributed by atoms with van der Waals surface area (Å²) >= 11 is 0. The molecular weight excluding hydrogens is 174 g/mol. The Kier molecular flexibility index (Phi) is 3.28. The van der Waals surface area contributed by atoms with Crippen molar-refractivity contribution in [3.63, 3.8) is 0 Å². The summed E-state index contributed by atoms with van der Waals surface area (Å²) in [6.07, 6.45) is 0. The smallest absolute Gasteiger partial charge is 0.497 e. The molecule has 0 aromatic heterocycles. The van der Waals surface area contributed by atoms with E-state index in [9.17, 15) is 9.41 Å². The lowest BCUT2D eigenvalue weighted by molar-refractivity contribution is 0.336. The molecule has 0 unspecified atom stereocenters. The highest BCUT2D eigenvalue weighted by atomic mass is 19.1. The van der Waals surface area contributed by atoms with E-state index in [-0.39, 0.29) is 11.2 Å². The van der Waals surface area contributed by atoms with Crippen molar-refractivity contribution in [2.24, 2.45) is 0 Å². The second kappa shape index (κ2) is 4.25. The van der Waals surface area contributed by atoms with E-state index in [0.29, 0.717) is 0 Å². The molecule has 1 N–H and O–H groups in total. The summed E-state index contributed by atoms with van der Waals surface area (Å²) in [6.45, 7) is 0. The molecule has 0 atom stereocenters. The normalized spacial score (nSPS) is 9.85. The van der Waals surface area contributed by atoms with Crippen LogP contribution in [0.25, 0.3) is 0 Å². The highest BCUT2D eigenvalue weighted by molar-refractivity contribution is 6.61. The average Bonchev–Trinajstić information content (AvgIpc) is 2.16. The molecule has 0 aliphatic rings.